The van der Waals surface area contributed by atoms with Crippen molar-refractivity contribution in [3.63, 3.8) is 0 Å². The summed E-state index contributed by atoms with van der Waals surface area (Å²) in [6, 6.07) is 4.52. The zero-order valence-electron chi connectivity index (χ0n) is 9.68. The van der Waals surface area contributed by atoms with E-state index in [-0.39, 0.29) is 12.1 Å². The Morgan fingerprint density at radius 3 is 2.74 bits per heavy atom. The van der Waals surface area contributed by atoms with Gasteiger partial charge in [0, 0.05) is 18.2 Å². The fourth-order valence-electron chi connectivity index (χ4n) is 1.71. The Hall–Kier alpha value is -1.58. The van der Waals surface area contributed by atoms with E-state index < -0.39 is 20.8 Å². The van der Waals surface area contributed by atoms with E-state index in [1.54, 1.807) is 16.1 Å². The fourth-order valence-corrected chi connectivity index (χ4v) is 3.09. The van der Waals surface area contributed by atoms with Crippen molar-refractivity contribution >= 4 is 37.4 Å². The van der Waals surface area contributed by atoms with Crippen LogP contribution in [0.2, 0.25) is 0 Å². The van der Waals surface area contributed by atoms with Crippen molar-refractivity contribution in [2.75, 3.05) is 5.75 Å². The number of thiazole rings is 1. The topological polar surface area (TPSA) is 104 Å². The number of hydrogen-bond acceptors (Lipinski definition) is 6. The first kappa shape index (κ1) is 13.8. The van der Waals surface area contributed by atoms with Crippen LogP contribution in [0.3, 0.4) is 0 Å². The Kier molecular flexibility index (Phi) is 3.78. The van der Waals surface area contributed by atoms with Crippen LogP contribution in [0.25, 0.3) is 10.2 Å². The lowest BCUT2D eigenvalue weighted by Gasteiger charge is -2.03. The van der Waals surface area contributed by atoms with E-state index in [0.29, 0.717) is 12.1 Å². The van der Waals surface area contributed by atoms with Gasteiger partial charge in [0.2, 0.25) is 11.0 Å². The monoisotopic (exact) mass is 302 g/mol. The minimum absolute atomic E-state index is 0.0175. The summed E-state index contributed by atoms with van der Waals surface area (Å²) in [5.41, 5.74) is 2.41. The van der Waals surface area contributed by atoms with Gasteiger partial charge in [-0.2, -0.15) is 4.57 Å². The van der Waals surface area contributed by atoms with Crippen molar-refractivity contribution < 1.29 is 22.5 Å². The molecule has 0 radical (unpaired) electrons. The molecule has 0 unspecified atom stereocenters. The van der Waals surface area contributed by atoms with Crippen molar-refractivity contribution in [1.82, 2.24) is 0 Å². The molecule has 0 spiro atoms. The maximum Gasteiger partial charge on any atom is 0.276 e. The predicted molar refractivity (Wildman–Crippen MR) is 67.9 cm³/mol. The van der Waals surface area contributed by atoms with Crippen molar-refractivity contribution in [1.29, 1.82) is 0 Å². The van der Waals surface area contributed by atoms with E-state index in [4.69, 9.17) is 0 Å². The van der Waals surface area contributed by atoms with Crippen molar-refractivity contribution in [3.05, 3.63) is 33.8 Å². The third kappa shape index (κ3) is 3.46. The smallest absolute Gasteiger partial charge is 0.276 e. The van der Waals surface area contributed by atoms with Gasteiger partial charge < -0.3 is 4.55 Å². The van der Waals surface area contributed by atoms with Crippen molar-refractivity contribution in [2.45, 2.75) is 13.0 Å². The first-order valence-corrected chi connectivity index (χ1v) is 7.81. The van der Waals surface area contributed by atoms with Crippen LogP contribution < -0.4 is 4.57 Å². The zero-order valence-corrected chi connectivity index (χ0v) is 11.3. The third-order valence-corrected chi connectivity index (χ3v) is 4.31. The Morgan fingerprint density at radius 2 is 2.11 bits per heavy atom. The van der Waals surface area contributed by atoms with Crippen LogP contribution in [-0.4, -0.2) is 23.6 Å². The standard InChI is InChI=1S/C10H10N2O5S2/c13-12(14)8-2-3-10-9(6-8)11(7-18-10)4-1-5-19(15,16)17/h2-3,6-7H,1,4-5H2. The Balaban J connectivity index is 2.23. The first-order valence-electron chi connectivity index (χ1n) is 5.35. The van der Waals surface area contributed by atoms with Gasteiger partial charge >= 0.3 is 0 Å². The minimum Gasteiger partial charge on any atom is -0.748 e. The van der Waals surface area contributed by atoms with Crippen molar-refractivity contribution in [3.8, 4) is 0 Å². The number of nitro benzene ring substituents is 1. The number of nitrogens with zero attached hydrogens (tertiary/aromatic N) is 2. The molecule has 102 valence electrons. The SMILES string of the molecule is O=[N+]([O-])c1ccc2sc[n+](CCCS(=O)(=O)[O-])c2c1. The van der Waals surface area contributed by atoms with Crippen LogP contribution in [0.1, 0.15) is 6.42 Å². The molecular formula is C10H10N2O5S2. The summed E-state index contributed by atoms with van der Waals surface area (Å²) < 4.78 is 34.1. The summed E-state index contributed by atoms with van der Waals surface area (Å²) in [6.45, 7) is 0.336. The van der Waals surface area contributed by atoms with E-state index in [9.17, 15) is 23.1 Å². The zero-order chi connectivity index (χ0) is 14.0. The Morgan fingerprint density at radius 1 is 1.37 bits per heavy atom. The van der Waals surface area contributed by atoms with Crippen LogP contribution >= 0.6 is 11.3 Å². The number of rotatable bonds is 5. The molecule has 1 aromatic carbocycles. The number of hydrogen-bond donors (Lipinski definition) is 0. The quantitative estimate of drug-likeness (QED) is 0.355. The molecule has 19 heavy (non-hydrogen) atoms. The Bertz CT molecular complexity index is 723. The highest BCUT2D eigenvalue weighted by Crippen LogP contribution is 2.21. The van der Waals surface area contributed by atoms with E-state index in [1.165, 1.54) is 23.5 Å². The normalized spacial score (nSPS) is 11.8. The van der Waals surface area contributed by atoms with Crippen LogP contribution in [0.5, 0.6) is 0 Å². The van der Waals surface area contributed by atoms with E-state index in [0.717, 1.165) is 4.70 Å². The molecular weight excluding hydrogens is 292 g/mol. The summed E-state index contributed by atoms with van der Waals surface area (Å²) in [5, 5.41) is 10.7. The van der Waals surface area contributed by atoms with Crippen LogP contribution in [0, 0.1) is 10.1 Å². The highest BCUT2D eigenvalue weighted by Gasteiger charge is 2.16. The lowest BCUT2D eigenvalue weighted by molar-refractivity contribution is -0.667. The second kappa shape index (κ2) is 5.19. The average molecular weight is 302 g/mol. The molecule has 1 aromatic heterocycles. The summed E-state index contributed by atoms with van der Waals surface area (Å²) in [4.78, 5) is 10.2. The third-order valence-electron chi connectivity index (χ3n) is 2.56. The molecule has 0 aliphatic heterocycles. The number of nitro groups is 1. The number of non-ortho nitro benzene ring substituents is 1. The largest absolute Gasteiger partial charge is 0.748 e. The molecule has 1 heterocycles. The van der Waals surface area contributed by atoms with Crippen molar-refractivity contribution in [2.24, 2.45) is 0 Å². The van der Waals surface area contributed by atoms with Gasteiger partial charge in [-0.15, -0.1) is 0 Å². The molecule has 0 saturated heterocycles. The van der Waals surface area contributed by atoms with Crippen LogP contribution in [0.4, 0.5) is 5.69 Å². The molecule has 0 fully saturated rings. The molecule has 0 aliphatic carbocycles. The highest BCUT2D eigenvalue weighted by atomic mass is 32.2. The summed E-state index contributed by atoms with van der Waals surface area (Å²) in [6.07, 6.45) is 0.186. The summed E-state index contributed by atoms with van der Waals surface area (Å²) >= 11 is 1.41. The highest BCUT2D eigenvalue weighted by molar-refractivity contribution is 7.85. The first-order chi connectivity index (χ1) is 8.87. The lowest BCUT2D eigenvalue weighted by atomic mass is 10.3. The molecule has 0 aliphatic rings. The second-order valence-corrected chi connectivity index (χ2v) is 6.35. The Labute approximate surface area is 113 Å². The molecule has 2 aromatic rings. The maximum absolute atomic E-state index is 10.7. The van der Waals surface area contributed by atoms with Gasteiger partial charge in [-0.1, -0.05) is 11.3 Å². The molecule has 0 N–H and O–H groups in total. The van der Waals surface area contributed by atoms with Gasteiger partial charge in [-0.3, -0.25) is 10.1 Å². The van der Waals surface area contributed by atoms with Gasteiger partial charge in [0.25, 0.3) is 5.69 Å². The fraction of sp³-hybridized carbons (Fsp3) is 0.300. The van der Waals surface area contributed by atoms with Gasteiger partial charge in [0.15, 0.2) is 6.54 Å². The number of aromatic nitrogens is 1. The maximum atomic E-state index is 10.7. The van der Waals surface area contributed by atoms with Gasteiger partial charge in [0.1, 0.15) is 4.70 Å². The van der Waals surface area contributed by atoms with E-state index >= 15 is 0 Å². The van der Waals surface area contributed by atoms with Crippen LogP contribution in [-0.2, 0) is 16.7 Å². The molecule has 0 amide bonds. The molecule has 7 nitrogen and oxygen atoms in total. The van der Waals surface area contributed by atoms with E-state index in [1.807, 2.05) is 0 Å². The molecule has 2 rings (SSSR count). The number of aryl methyl sites for hydroxylation is 1. The molecule has 0 atom stereocenters. The summed E-state index contributed by atoms with van der Waals surface area (Å²) in [5.74, 6) is -0.438. The summed E-state index contributed by atoms with van der Waals surface area (Å²) in [7, 11) is -4.22. The van der Waals surface area contributed by atoms with Gasteiger partial charge in [-0.05, 0) is 6.07 Å². The second-order valence-electron chi connectivity index (χ2n) is 3.94. The van der Waals surface area contributed by atoms with E-state index in [2.05, 4.69) is 0 Å². The molecule has 0 saturated carbocycles. The van der Waals surface area contributed by atoms with Crippen LogP contribution in [0.15, 0.2) is 23.7 Å². The van der Waals surface area contributed by atoms with Gasteiger partial charge in [0.05, 0.1) is 21.1 Å². The molecule has 9 heteroatoms. The number of benzene rings is 1. The minimum atomic E-state index is -4.22. The predicted octanol–water partition coefficient (Wildman–Crippen LogP) is 1.03. The van der Waals surface area contributed by atoms with Gasteiger partial charge in [-0.25, -0.2) is 8.42 Å². The average Bonchev–Trinajstić information content (AvgIpc) is 2.70. The lowest BCUT2D eigenvalue weighted by Crippen LogP contribution is -2.32. The number of fused-ring (bicyclic) bond motifs is 1. The molecule has 0 bridgehead atoms.